The van der Waals surface area contributed by atoms with Crippen LogP contribution in [0.5, 0.6) is 5.75 Å². The van der Waals surface area contributed by atoms with E-state index in [0.29, 0.717) is 12.6 Å². The monoisotopic (exact) mass is 271 g/mol. The Kier molecular flexibility index (Phi) is 7.41. The molecular weight excluding hydrogens is 248 g/mol. The van der Waals surface area contributed by atoms with Gasteiger partial charge in [-0.25, -0.2) is 4.39 Å². The highest BCUT2D eigenvalue weighted by atomic mass is 19.2. The largest absolute Gasteiger partial charge is 0.490 e. The van der Waals surface area contributed by atoms with Gasteiger partial charge in [-0.1, -0.05) is 13.0 Å². The summed E-state index contributed by atoms with van der Waals surface area (Å²) in [7, 11) is 0. The normalized spacial score (nSPS) is 12.4. The molecule has 1 aromatic carbocycles. The van der Waals surface area contributed by atoms with Gasteiger partial charge < -0.3 is 10.1 Å². The van der Waals surface area contributed by atoms with Gasteiger partial charge in [-0.3, -0.25) is 0 Å². The lowest BCUT2D eigenvalue weighted by atomic mass is 10.1. The molecule has 0 radical (unpaired) electrons. The maximum absolute atomic E-state index is 13.3. The van der Waals surface area contributed by atoms with Crippen LogP contribution >= 0.6 is 0 Å². The molecule has 0 saturated carbocycles. The predicted molar refractivity (Wildman–Crippen MR) is 73.5 cm³/mol. The Morgan fingerprint density at radius 3 is 2.79 bits per heavy atom. The minimum atomic E-state index is -0.902. The molecule has 0 amide bonds. The van der Waals surface area contributed by atoms with Crippen LogP contribution in [0.3, 0.4) is 0 Å². The lowest BCUT2D eigenvalue weighted by Gasteiger charge is -2.13. The van der Waals surface area contributed by atoms with E-state index in [-0.39, 0.29) is 5.75 Å². The van der Waals surface area contributed by atoms with Crippen LogP contribution in [0.15, 0.2) is 18.2 Å². The highest BCUT2D eigenvalue weighted by molar-refractivity contribution is 5.24. The van der Waals surface area contributed by atoms with Crippen LogP contribution in [0.2, 0.25) is 0 Å². The van der Waals surface area contributed by atoms with Gasteiger partial charge in [0.15, 0.2) is 11.6 Å². The molecule has 0 heterocycles. The van der Waals surface area contributed by atoms with Crippen molar-refractivity contribution in [3.05, 3.63) is 29.8 Å². The van der Waals surface area contributed by atoms with Gasteiger partial charge in [0.1, 0.15) is 0 Å². The van der Waals surface area contributed by atoms with Crippen molar-refractivity contribution in [1.29, 1.82) is 0 Å². The molecule has 1 N–H and O–H groups in total. The maximum Gasteiger partial charge on any atom is 0.200 e. The number of nitrogens with one attached hydrogen (secondary N) is 1. The quantitative estimate of drug-likeness (QED) is 0.688. The number of hydrogen-bond acceptors (Lipinski definition) is 2. The summed E-state index contributed by atoms with van der Waals surface area (Å²) >= 11 is 0. The van der Waals surface area contributed by atoms with E-state index in [0.717, 1.165) is 38.3 Å². The molecule has 1 atom stereocenters. The van der Waals surface area contributed by atoms with Crippen molar-refractivity contribution >= 4 is 0 Å². The zero-order valence-corrected chi connectivity index (χ0v) is 11.7. The lowest BCUT2D eigenvalue weighted by Crippen LogP contribution is -2.26. The Labute approximate surface area is 114 Å². The van der Waals surface area contributed by atoms with Gasteiger partial charge in [0.2, 0.25) is 5.82 Å². The first-order valence-electron chi connectivity index (χ1n) is 6.95. The zero-order chi connectivity index (χ0) is 14.1. The summed E-state index contributed by atoms with van der Waals surface area (Å²) in [4.78, 5) is 0. The third-order valence-electron chi connectivity index (χ3n) is 2.95. The van der Waals surface area contributed by atoms with E-state index < -0.39 is 11.6 Å². The molecule has 0 fully saturated rings. The van der Waals surface area contributed by atoms with E-state index >= 15 is 0 Å². The van der Waals surface area contributed by atoms with Gasteiger partial charge in [0.25, 0.3) is 0 Å². The molecule has 0 aromatic heterocycles. The van der Waals surface area contributed by atoms with Crippen LogP contribution in [-0.4, -0.2) is 19.2 Å². The second kappa shape index (κ2) is 8.86. The van der Waals surface area contributed by atoms with Crippen molar-refractivity contribution in [3.63, 3.8) is 0 Å². The van der Waals surface area contributed by atoms with Gasteiger partial charge >= 0.3 is 0 Å². The number of benzene rings is 1. The zero-order valence-electron chi connectivity index (χ0n) is 11.7. The minimum absolute atomic E-state index is 0.00263. The van der Waals surface area contributed by atoms with E-state index in [1.807, 2.05) is 0 Å². The summed E-state index contributed by atoms with van der Waals surface area (Å²) in [6, 6.07) is 4.48. The van der Waals surface area contributed by atoms with Crippen LogP contribution in [0.1, 0.15) is 39.5 Å². The molecule has 19 heavy (non-hydrogen) atoms. The number of ether oxygens (including phenoxy) is 1. The Morgan fingerprint density at radius 1 is 1.26 bits per heavy atom. The molecule has 108 valence electrons. The number of rotatable bonds is 9. The topological polar surface area (TPSA) is 21.3 Å². The Morgan fingerprint density at radius 2 is 2.05 bits per heavy atom. The van der Waals surface area contributed by atoms with Crippen molar-refractivity contribution in [2.75, 3.05) is 13.2 Å². The molecule has 0 saturated heterocycles. The van der Waals surface area contributed by atoms with Crippen LogP contribution in [0.4, 0.5) is 8.78 Å². The van der Waals surface area contributed by atoms with E-state index in [9.17, 15) is 8.78 Å². The molecule has 1 unspecified atom stereocenters. The average molecular weight is 271 g/mol. The predicted octanol–water partition coefficient (Wildman–Crippen LogP) is 3.90. The molecule has 0 bridgehead atoms. The Bertz CT molecular complexity index is 371. The molecular formula is C15H23F2NO. The first-order valence-corrected chi connectivity index (χ1v) is 6.95. The fourth-order valence-corrected chi connectivity index (χ4v) is 1.82. The van der Waals surface area contributed by atoms with E-state index in [1.165, 1.54) is 12.1 Å². The molecule has 2 nitrogen and oxygen atoms in total. The summed E-state index contributed by atoms with van der Waals surface area (Å²) in [5.74, 6) is -1.77. The Balaban J connectivity index is 2.15. The summed E-state index contributed by atoms with van der Waals surface area (Å²) in [6.45, 7) is 5.75. The maximum atomic E-state index is 13.3. The van der Waals surface area contributed by atoms with Gasteiger partial charge in [-0.15, -0.1) is 0 Å². The second-order valence-corrected chi connectivity index (χ2v) is 4.75. The van der Waals surface area contributed by atoms with Gasteiger partial charge in [-0.05, 0) is 51.3 Å². The van der Waals surface area contributed by atoms with Gasteiger partial charge in [-0.2, -0.15) is 4.39 Å². The van der Waals surface area contributed by atoms with Crippen LogP contribution < -0.4 is 10.1 Å². The fraction of sp³-hybridized carbons (Fsp3) is 0.600. The van der Waals surface area contributed by atoms with E-state index in [1.54, 1.807) is 0 Å². The molecule has 1 rings (SSSR count). The SMILES string of the molecule is CCCNC(C)CCCCOc1cccc(F)c1F. The highest BCUT2D eigenvalue weighted by Gasteiger charge is 2.08. The molecule has 0 aliphatic rings. The third kappa shape index (κ3) is 6.01. The molecule has 0 aliphatic carbocycles. The average Bonchev–Trinajstić information content (AvgIpc) is 2.40. The van der Waals surface area contributed by atoms with Crippen LogP contribution in [-0.2, 0) is 0 Å². The first kappa shape index (κ1) is 15.9. The summed E-state index contributed by atoms with van der Waals surface area (Å²) in [5, 5.41) is 3.41. The van der Waals surface area contributed by atoms with Gasteiger partial charge in [0, 0.05) is 6.04 Å². The first-order chi connectivity index (χ1) is 9.15. The van der Waals surface area contributed by atoms with Crippen molar-refractivity contribution in [1.82, 2.24) is 5.32 Å². The Hall–Kier alpha value is -1.16. The number of hydrogen-bond donors (Lipinski definition) is 1. The highest BCUT2D eigenvalue weighted by Crippen LogP contribution is 2.19. The van der Waals surface area contributed by atoms with Crippen molar-refractivity contribution in [3.8, 4) is 5.75 Å². The summed E-state index contributed by atoms with van der Waals surface area (Å²) < 4.78 is 31.4. The van der Waals surface area contributed by atoms with Crippen LogP contribution in [0.25, 0.3) is 0 Å². The van der Waals surface area contributed by atoms with E-state index in [2.05, 4.69) is 19.2 Å². The smallest absolute Gasteiger partial charge is 0.200 e. The van der Waals surface area contributed by atoms with Gasteiger partial charge in [0.05, 0.1) is 6.61 Å². The number of halogens is 2. The second-order valence-electron chi connectivity index (χ2n) is 4.75. The summed E-state index contributed by atoms with van der Waals surface area (Å²) in [5.41, 5.74) is 0. The van der Waals surface area contributed by atoms with E-state index in [4.69, 9.17) is 4.74 Å². The fourth-order valence-electron chi connectivity index (χ4n) is 1.82. The third-order valence-corrected chi connectivity index (χ3v) is 2.95. The molecule has 0 aliphatic heterocycles. The molecule has 4 heteroatoms. The van der Waals surface area contributed by atoms with Crippen molar-refractivity contribution < 1.29 is 13.5 Å². The molecule has 0 spiro atoms. The standard InChI is InChI=1S/C15H23F2NO/c1-3-10-18-12(2)7-4-5-11-19-14-9-6-8-13(16)15(14)17/h6,8-9,12,18H,3-5,7,10-11H2,1-2H3. The minimum Gasteiger partial charge on any atom is -0.490 e. The van der Waals surface area contributed by atoms with Crippen LogP contribution in [0, 0.1) is 11.6 Å². The molecule has 1 aromatic rings. The van der Waals surface area contributed by atoms with Crippen molar-refractivity contribution in [2.24, 2.45) is 0 Å². The van der Waals surface area contributed by atoms with Crippen molar-refractivity contribution in [2.45, 2.75) is 45.6 Å². The summed E-state index contributed by atoms with van der Waals surface area (Å²) in [6.07, 6.45) is 4.05. The lowest BCUT2D eigenvalue weighted by molar-refractivity contribution is 0.283. The number of unbranched alkanes of at least 4 members (excludes halogenated alkanes) is 1.